The van der Waals surface area contributed by atoms with Crippen molar-refractivity contribution < 1.29 is 18.6 Å². The Bertz CT molecular complexity index is 358. The lowest BCUT2D eigenvalue weighted by Gasteiger charge is -2.16. The molecule has 1 N–H and O–H groups in total. The Morgan fingerprint density at radius 3 is 2.56 bits per heavy atom. The van der Waals surface area contributed by atoms with Crippen molar-refractivity contribution in [1.29, 1.82) is 0 Å². The Kier molecular flexibility index (Phi) is 4.64. The van der Waals surface area contributed by atoms with Crippen LogP contribution in [0.15, 0.2) is 12.1 Å². The minimum absolute atomic E-state index is 0.0171. The summed E-state index contributed by atoms with van der Waals surface area (Å²) >= 11 is 0. The molecule has 0 saturated heterocycles. The van der Waals surface area contributed by atoms with Crippen LogP contribution in [0.5, 0.6) is 5.75 Å². The summed E-state index contributed by atoms with van der Waals surface area (Å²) in [5.74, 6) is -1.20. The zero-order valence-electron chi connectivity index (χ0n) is 9.33. The van der Waals surface area contributed by atoms with E-state index in [0.717, 1.165) is 12.1 Å². The maximum absolute atomic E-state index is 13.5. The molecular weight excluding hydrogens is 216 g/mol. The Hall–Kier alpha value is -1.20. The van der Waals surface area contributed by atoms with Crippen molar-refractivity contribution in [3.8, 4) is 5.75 Å². The van der Waals surface area contributed by atoms with Gasteiger partial charge in [-0.25, -0.2) is 8.78 Å². The first-order chi connectivity index (χ1) is 7.58. The van der Waals surface area contributed by atoms with Gasteiger partial charge in [-0.3, -0.25) is 4.90 Å². The zero-order valence-corrected chi connectivity index (χ0v) is 9.33. The topological polar surface area (TPSA) is 32.7 Å². The third-order valence-electron chi connectivity index (χ3n) is 2.24. The van der Waals surface area contributed by atoms with Crippen molar-refractivity contribution in [3.05, 3.63) is 29.3 Å². The standard InChI is InChI=1S/C11H15F2NO2/c1-14(3-4-15)7-8-5-10(13)11(16-2)6-9(8)12/h5-6,15H,3-4,7H2,1-2H3. The maximum atomic E-state index is 13.5. The van der Waals surface area contributed by atoms with E-state index in [2.05, 4.69) is 4.74 Å². The van der Waals surface area contributed by atoms with Gasteiger partial charge in [-0.1, -0.05) is 0 Å². The molecule has 1 aromatic carbocycles. The predicted octanol–water partition coefficient (Wildman–Crippen LogP) is 1.40. The molecule has 5 heteroatoms. The number of benzene rings is 1. The van der Waals surface area contributed by atoms with Gasteiger partial charge >= 0.3 is 0 Å². The number of aliphatic hydroxyl groups is 1. The highest BCUT2D eigenvalue weighted by atomic mass is 19.1. The minimum Gasteiger partial charge on any atom is -0.494 e. The number of methoxy groups -OCH3 is 1. The Labute approximate surface area is 93.3 Å². The average molecular weight is 231 g/mol. The van der Waals surface area contributed by atoms with E-state index >= 15 is 0 Å². The SMILES string of the molecule is COc1cc(F)c(CN(C)CCO)cc1F. The first-order valence-corrected chi connectivity index (χ1v) is 4.89. The lowest BCUT2D eigenvalue weighted by atomic mass is 10.2. The Balaban J connectivity index is 2.85. The van der Waals surface area contributed by atoms with Gasteiger partial charge in [0, 0.05) is 24.7 Å². The van der Waals surface area contributed by atoms with Gasteiger partial charge in [0.1, 0.15) is 5.82 Å². The number of halogens is 2. The van der Waals surface area contributed by atoms with E-state index in [1.807, 2.05) is 0 Å². The van der Waals surface area contributed by atoms with Gasteiger partial charge < -0.3 is 9.84 Å². The van der Waals surface area contributed by atoms with E-state index in [1.165, 1.54) is 7.11 Å². The second-order valence-electron chi connectivity index (χ2n) is 3.54. The first kappa shape index (κ1) is 12.9. The molecule has 0 aliphatic rings. The second-order valence-corrected chi connectivity index (χ2v) is 3.54. The van der Waals surface area contributed by atoms with E-state index in [-0.39, 0.29) is 24.5 Å². The third-order valence-corrected chi connectivity index (χ3v) is 2.24. The molecule has 1 rings (SSSR count). The number of likely N-dealkylation sites (N-methyl/N-ethyl adjacent to an activating group) is 1. The first-order valence-electron chi connectivity index (χ1n) is 4.89. The normalized spacial score (nSPS) is 10.9. The van der Waals surface area contributed by atoms with Crippen LogP contribution in [0.2, 0.25) is 0 Å². The number of aliphatic hydroxyl groups excluding tert-OH is 1. The molecule has 0 saturated carbocycles. The second kappa shape index (κ2) is 5.77. The third kappa shape index (κ3) is 3.15. The van der Waals surface area contributed by atoms with E-state index in [9.17, 15) is 8.78 Å². The number of hydrogen-bond donors (Lipinski definition) is 1. The average Bonchev–Trinajstić information content (AvgIpc) is 2.23. The molecule has 0 atom stereocenters. The van der Waals surface area contributed by atoms with Crippen LogP contribution in [0.1, 0.15) is 5.56 Å². The smallest absolute Gasteiger partial charge is 0.165 e. The quantitative estimate of drug-likeness (QED) is 0.831. The van der Waals surface area contributed by atoms with Crippen molar-refractivity contribution in [3.63, 3.8) is 0 Å². The molecule has 1 aromatic rings. The summed E-state index contributed by atoms with van der Waals surface area (Å²) in [7, 11) is 3.01. The molecule has 16 heavy (non-hydrogen) atoms. The highest BCUT2D eigenvalue weighted by Crippen LogP contribution is 2.21. The largest absolute Gasteiger partial charge is 0.494 e. The van der Waals surface area contributed by atoms with E-state index in [4.69, 9.17) is 5.11 Å². The summed E-state index contributed by atoms with van der Waals surface area (Å²) in [6.07, 6.45) is 0. The fourth-order valence-corrected chi connectivity index (χ4v) is 1.39. The van der Waals surface area contributed by atoms with Crippen LogP contribution in [-0.4, -0.2) is 37.3 Å². The molecule has 3 nitrogen and oxygen atoms in total. The number of ether oxygens (including phenoxy) is 1. The molecule has 90 valence electrons. The molecule has 0 spiro atoms. The molecule has 0 aliphatic heterocycles. The summed E-state index contributed by atoms with van der Waals surface area (Å²) in [6.45, 7) is 0.636. The highest BCUT2D eigenvalue weighted by molar-refractivity contribution is 5.30. The monoisotopic (exact) mass is 231 g/mol. The van der Waals surface area contributed by atoms with Crippen molar-refractivity contribution in [2.45, 2.75) is 6.54 Å². The van der Waals surface area contributed by atoms with Gasteiger partial charge in [0.25, 0.3) is 0 Å². The van der Waals surface area contributed by atoms with Crippen molar-refractivity contribution in [1.82, 2.24) is 4.90 Å². The molecule has 0 aliphatic carbocycles. The van der Waals surface area contributed by atoms with Gasteiger partial charge in [0.15, 0.2) is 11.6 Å². The van der Waals surface area contributed by atoms with E-state index in [0.29, 0.717) is 6.54 Å². The molecule has 0 unspecified atom stereocenters. The summed E-state index contributed by atoms with van der Waals surface area (Å²) in [4.78, 5) is 1.70. The maximum Gasteiger partial charge on any atom is 0.165 e. The van der Waals surface area contributed by atoms with Crippen LogP contribution < -0.4 is 4.74 Å². The predicted molar refractivity (Wildman–Crippen MR) is 56.3 cm³/mol. The summed E-state index contributed by atoms with van der Waals surface area (Å²) in [5, 5.41) is 8.69. The van der Waals surface area contributed by atoms with Crippen LogP contribution in [0.3, 0.4) is 0 Å². The van der Waals surface area contributed by atoms with Gasteiger partial charge in [0.05, 0.1) is 13.7 Å². The molecule has 0 fully saturated rings. The van der Waals surface area contributed by atoms with E-state index in [1.54, 1.807) is 11.9 Å². The number of hydrogen-bond acceptors (Lipinski definition) is 3. The van der Waals surface area contributed by atoms with Gasteiger partial charge in [-0.15, -0.1) is 0 Å². The molecular formula is C11H15F2NO2. The van der Waals surface area contributed by atoms with Crippen LogP contribution in [0, 0.1) is 11.6 Å². The summed E-state index contributed by atoms with van der Waals surface area (Å²) in [5.41, 5.74) is 0.245. The zero-order chi connectivity index (χ0) is 12.1. The molecule has 0 heterocycles. The number of rotatable bonds is 5. The Morgan fingerprint density at radius 2 is 2.00 bits per heavy atom. The molecule has 0 radical (unpaired) electrons. The van der Waals surface area contributed by atoms with Gasteiger partial charge in [0.2, 0.25) is 0 Å². The fraction of sp³-hybridized carbons (Fsp3) is 0.455. The summed E-state index contributed by atoms with van der Waals surface area (Å²) < 4.78 is 31.5. The van der Waals surface area contributed by atoms with Crippen LogP contribution in [0.25, 0.3) is 0 Å². The van der Waals surface area contributed by atoms with Crippen molar-refractivity contribution in [2.75, 3.05) is 27.3 Å². The lowest BCUT2D eigenvalue weighted by molar-refractivity contribution is 0.215. The van der Waals surface area contributed by atoms with Crippen molar-refractivity contribution in [2.24, 2.45) is 0 Å². The van der Waals surface area contributed by atoms with Crippen molar-refractivity contribution >= 4 is 0 Å². The highest BCUT2D eigenvalue weighted by Gasteiger charge is 2.11. The lowest BCUT2D eigenvalue weighted by Crippen LogP contribution is -2.22. The van der Waals surface area contributed by atoms with Crippen LogP contribution in [-0.2, 0) is 6.54 Å². The van der Waals surface area contributed by atoms with Crippen LogP contribution >= 0.6 is 0 Å². The molecule has 0 amide bonds. The Morgan fingerprint density at radius 1 is 1.31 bits per heavy atom. The summed E-state index contributed by atoms with van der Waals surface area (Å²) in [6, 6.07) is 2.14. The fourth-order valence-electron chi connectivity index (χ4n) is 1.39. The van der Waals surface area contributed by atoms with E-state index < -0.39 is 11.6 Å². The number of nitrogens with zero attached hydrogens (tertiary/aromatic N) is 1. The molecule has 0 bridgehead atoms. The van der Waals surface area contributed by atoms with Gasteiger partial charge in [-0.05, 0) is 13.1 Å². The minimum atomic E-state index is -0.587. The van der Waals surface area contributed by atoms with Gasteiger partial charge in [-0.2, -0.15) is 0 Å². The van der Waals surface area contributed by atoms with Crippen LogP contribution in [0.4, 0.5) is 8.78 Å². The molecule has 0 aromatic heterocycles.